The summed E-state index contributed by atoms with van der Waals surface area (Å²) in [6.45, 7) is 3.68. The minimum Gasteiger partial charge on any atom is -0.481 e. The first kappa shape index (κ1) is 32.2. The number of amides is 6. The molecule has 3 aromatic rings. The molecular formula is C35H39N5O6. The van der Waals surface area contributed by atoms with Crippen LogP contribution in [0.15, 0.2) is 84.9 Å². The lowest BCUT2D eigenvalue weighted by molar-refractivity contribution is -0.142. The quantitative estimate of drug-likeness (QED) is 0.199. The van der Waals surface area contributed by atoms with Crippen LogP contribution in [-0.4, -0.2) is 56.3 Å². The number of benzene rings is 3. The van der Waals surface area contributed by atoms with E-state index in [0.717, 1.165) is 23.3 Å². The summed E-state index contributed by atoms with van der Waals surface area (Å²) in [6, 6.07) is 22.0. The molecule has 1 aliphatic carbocycles. The van der Waals surface area contributed by atoms with Gasteiger partial charge < -0.3 is 26.0 Å². The number of urea groups is 2. The van der Waals surface area contributed by atoms with Gasteiger partial charge in [-0.1, -0.05) is 87.4 Å². The van der Waals surface area contributed by atoms with Crippen molar-refractivity contribution in [3.63, 3.8) is 0 Å². The smallest absolute Gasteiger partial charge is 0.328 e. The Bertz CT molecular complexity index is 1570. The first-order chi connectivity index (χ1) is 22.1. The Morgan fingerprint density at radius 2 is 1.39 bits per heavy atom. The van der Waals surface area contributed by atoms with Crippen LogP contribution < -0.4 is 16.0 Å². The number of para-hydroxylation sites is 1. The fourth-order valence-corrected chi connectivity index (χ4v) is 6.43. The van der Waals surface area contributed by atoms with E-state index in [0.29, 0.717) is 29.8 Å². The average Bonchev–Trinajstić information content (AvgIpc) is 3.59. The number of aliphatic carboxylic acids is 1. The van der Waals surface area contributed by atoms with Crippen molar-refractivity contribution >= 4 is 41.2 Å². The average molecular weight is 626 g/mol. The number of rotatable bonds is 11. The molecular weight excluding hydrogens is 586 g/mol. The van der Waals surface area contributed by atoms with Crippen LogP contribution in [0.25, 0.3) is 0 Å². The number of carbonyl (C=O) groups excluding carboxylic acids is 4. The lowest BCUT2D eigenvalue weighted by Crippen LogP contribution is -2.54. The summed E-state index contributed by atoms with van der Waals surface area (Å²) in [5.41, 5.74) is 1.54. The Labute approximate surface area is 268 Å². The number of carbonyl (C=O) groups is 5. The topological polar surface area (TPSA) is 148 Å². The van der Waals surface area contributed by atoms with Crippen LogP contribution in [-0.2, 0) is 20.9 Å². The molecule has 2 atom stereocenters. The first-order valence-electron chi connectivity index (χ1n) is 15.5. The predicted molar refractivity (Wildman–Crippen MR) is 173 cm³/mol. The van der Waals surface area contributed by atoms with Gasteiger partial charge in [0.1, 0.15) is 11.6 Å². The van der Waals surface area contributed by atoms with Crippen molar-refractivity contribution in [2.45, 2.75) is 70.1 Å². The van der Waals surface area contributed by atoms with Crippen LogP contribution in [0.1, 0.15) is 63.1 Å². The third kappa shape index (κ3) is 6.88. The van der Waals surface area contributed by atoms with Crippen molar-refractivity contribution < 1.29 is 29.1 Å². The summed E-state index contributed by atoms with van der Waals surface area (Å²) >= 11 is 0. The van der Waals surface area contributed by atoms with Gasteiger partial charge in [-0.3, -0.25) is 14.4 Å². The Hall–Kier alpha value is -5.19. The van der Waals surface area contributed by atoms with Crippen molar-refractivity contribution in [3.8, 4) is 0 Å². The standard InChI is InChI=1S/C35H39N5O6/c1-23(2)30(31(43)38-28(21-29(41)42)25-11-5-3-6-12-25)40-32(44)35(19-9-10-20-35)39(34(40)46)22-24-15-17-27(18-16-24)37-33(45)36-26-13-7-4-8-14-26/h3-8,11-18,23,28,30H,9-10,19-22H2,1-2H3,(H,38,43)(H,41,42)(H2,36,37,45)/t28-,30-/m0/s1. The SMILES string of the molecule is CC(C)[C@@H](C(=O)N[C@@H](CC(=O)O)c1ccccc1)N1C(=O)N(Cc2ccc(NC(=O)Nc3ccccc3)cc2)C2(CCCC2)C1=O. The summed E-state index contributed by atoms with van der Waals surface area (Å²) in [5, 5.41) is 17.9. The van der Waals surface area contributed by atoms with Gasteiger partial charge in [0.15, 0.2) is 0 Å². The Kier molecular flexibility index (Phi) is 9.69. The van der Waals surface area contributed by atoms with E-state index in [2.05, 4.69) is 16.0 Å². The monoisotopic (exact) mass is 625 g/mol. The molecule has 11 nitrogen and oxygen atoms in total. The van der Waals surface area contributed by atoms with Crippen LogP contribution in [0.3, 0.4) is 0 Å². The summed E-state index contributed by atoms with van der Waals surface area (Å²) in [5.74, 6) is -2.49. The van der Waals surface area contributed by atoms with E-state index in [1.165, 1.54) is 0 Å². The zero-order chi connectivity index (χ0) is 32.8. The summed E-state index contributed by atoms with van der Waals surface area (Å²) < 4.78 is 0. The molecule has 0 bridgehead atoms. The fourth-order valence-electron chi connectivity index (χ4n) is 6.43. The minimum absolute atomic E-state index is 0.148. The Balaban J connectivity index is 1.34. The largest absolute Gasteiger partial charge is 0.481 e. The van der Waals surface area contributed by atoms with Gasteiger partial charge in [0.25, 0.3) is 5.91 Å². The maximum Gasteiger partial charge on any atom is 0.328 e. The van der Waals surface area contributed by atoms with E-state index < -0.39 is 53.4 Å². The van der Waals surface area contributed by atoms with Crippen molar-refractivity contribution in [1.29, 1.82) is 0 Å². The molecule has 4 N–H and O–H groups in total. The molecule has 46 heavy (non-hydrogen) atoms. The molecule has 240 valence electrons. The molecule has 3 aromatic carbocycles. The fraction of sp³-hybridized carbons (Fsp3) is 0.343. The molecule has 0 radical (unpaired) electrons. The van der Waals surface area contributed by atoms with Crippen molar-refractivity contribution in [2.24, 2.45) is 5.92 Å². The third-order valence-electron chi connectivity index (χ3n) is 8.66. The number of carboxylic acid groups (broad SMARTS) is 1. The summed E-state index contributed by atoms with van der Waals surface area (Å²) in [7, 11) is 0. The van der Waals surface area contributed by atoms with E-state index in [1.54, 1.807) is 85.5 Å². The highest BCUT2D eigenvalue weighted by Gasteiger charge is 2.60. The van der Waals surface area contributed by atoms with Crippen molar-refractivity contribution in [2.75, 3.05) is 10.6 Å². The van der Waals surface area contributed by atoms with E-state index >= 15 is 0 Å². The van der Waals surface area contributed by atoms with Gasteiger partial charge in [0, 0.05) is 17.9 Å². The lowest BCUT2D eigenvalue weighted by Gasteiger charge is -2.31. The normalized spacial score (nSPS) is 16.8. The van der Waals surface area contributed by atoms with Gasteiger partial charge in [0.2, 0.25) is 5.91 Å². The highest BCUT2D eigenvalue weighted by molar-refractivity contribution is 6.10. The van der Waals surface area contributed by atoms with Gasteiger partial charge in [-0.05, 0) is 54.2 Å². The van der Waals surface area contributed by atoms with Crippen molar-refractivity contribution in [1.82, 2.24) is 15.1 Å². The van der Waals surface area contributed by atoms with Crippen LogP contribution in [0.2, 0.25) is 0 Å². The van der Waals surface area contributed by atoms with Crippen LogP contribution in [0.4, 0.5) is 21.0 Å². The second-order valence-corrected chi connectivity index (χ2v) is 12.2. The third-order valence-corrected chi connectivity index (χ3v) is 8.66. The highest BCUT2D eigenvalue weighted by atomic mass is 16.4. The minimum atomic E-state index is -1.13. The molecule has 11 heteroatoms. The molecule has 1 aliphatic heterocycles. The second-order valence-electron chi connectivity index (χ2n) is 12.2. The molecule has 1 heterocycles. The first-order valence-corrected chi connectivity index (χ1v) is 15.5. The molecule has 1 spiro atoms. The lowest BCUT2D eigenvalue weighted by atomic mass is 9.93. The molecule has 2 fully saturated rings. The number of anilines is 2. The maximum atomic E-state index is 14.2. The zero-order valence-corrected chi connectivity index (χ0v) is 25.9. The van der Waals surface area contributed by atoms with Crippen LogP contribution in [0, 0.1) is 5.92 Å². The number of hydrogen-bond donors (Lipinski definition) is 4. The predicted octanol–water partition coefficient (Wildman–Crippen LogP) is 5.76. The van der Waals surface area contributed by atoms with Crippen LogP contribution in [0.5, 0.6) is 0 Å². The van der Waals surface area contributed by atoms with Crippen molar-refractivity contribution in [3.05, 3.63) is 96.1 Å². The van der Waals surface area contributed by atoms with Crippen LogP contribution >= 0.6 is 0 Å². The number of hydrogen-bond acceptors (Lipinski definition) is 5. The number of imide groups is 1. The molecule has 6 amide bonds. The zero-order valence-electron chi connectivity index (χ0n) is 25.9. The van der Waals surface area contributed by atoms with E-state index in [1.807, 2.05) is 18.2 Å². The summed E-state index contributed by atoms with van der Waals surface area (Å²) in [4.78, 5) is 68.9. The van der Waals surface area contributed by atoms with E-state index in [-0.39, 0.29) is 13.0 Å². The Morgan fingerprint density at radius 1 is 0.826 bits per heavy atom. The number of carboxylic acids is 1. The van der Waals surface area contributed by atoms with Gasteiger partial charge in [-0.15, -0.1) is 0 Å². The molecule has 5 rings (SSSR count). The second kappa shape index (κ2) is 13.8. The van der Waals surface area contributed by atoms with E-state index in [9.17, 15) is 29.1 Å². The van der Waals surface area contributed by atoms with E-state index in [4.69, 9.17) is 0 Å². The number of nitrogens with zero attached hydrogens (tertiary/aromatic N) is 2. The molecule has 2 aliphatic rings. The number of nitrogens with one attached hydrogen (secondary N) is 3. The highest BCUT2D eigenvalue weighted by Crippen LogP contribution is 2.44. The molecule has 0 aromatic heterocycles. The van der Waals surface area contributed by atoms with Gasteiger partial charge in [-0.25, -0.2) is 14.5 Å². The molecule has 1 saturated carbocycles. The maximum absolute atomic E-state index is 14.2. The van der Waals surface area contributed by atoms with Gasteiger partial charge in [0.05, 0.1) is 12.5 Å². The van der Waals surface area contributed by atoms with Gasteiger partial charge in [-0.2, -0.15) is 0 Å². The Morgan fingerprint density at radius 3 is 1.96 bits per heavy atom. The summed E-state index contributed by atoms with van der Waals surface area (Å²) in [6.07, 6.45) is 2.18. The van der Waals surface area contributed by atoms with Gasteiger partial charge >= 0.3 is 18.0 Å². The molecule has 0 unspecified atom stereocenters. The molecule has 1 saturated heterocycles.